The maximum atomic E-state index is 6.22. The number of nitrogens with one attached hydrogen (secondary N) is 1. The van der Waals surface area contributed by atoms with Crippen molar-refractivity contribution in [2.45, 2.75) is 56.8 Å². The molecule has 0 saturated carbocycles. The number of likely N-dealkylation sites (N-methyl/N-ethyl adjacent to an activating group) is 1. The van der Waals surface area contributed by atoms with Crippen molar-refractivity contribution in [2.75, 3.05) is 20.2 Å². The monoisotopic (exact) mass is 213 g/mol. The lowest BCUT2D eigenvalue weighted by atomic mass is 9.82. The minimum absolute atomic E-state index is 0.00716. The molecular formula is C12H23NO2. The molecule has 3 nitrogen and oxygen atoms in total. The van der Waals surface area contributed by atoms with Gasteiger partial charge in [0.2, 0.25) is 0 Å². The molecule has 2 fully saturated rings. The van der Waals surface area contributed by atoms with Crippen LogP contribution in [-0.4, -0.2) is 37.5 Å². The summed E-state index contributed by atoms with van der Waals surface area (Å²) in [5.74, 6) is 0. The molecule has 0 aromatic rings. The summed E-state index contributed by atoms with van der Waals surface area (Å²) in [6.45, 7) is 6.16. The summed E-state index contributed by atoms with van der Waals surface area (Å²) in [4.78, 5) is 0. The number of ether oxygens (including phenoxy) is 2. The highest BCUT2D eigenvalue weighted by molar-refractivity contribution is 4.96. The third-order valence-corrected chi connectivity index (χ3v) is 3.57. The molecular weight excluding hydrogens is 190 g/mol. The zero-order valence-electron chi connectivity index (χ0n) is 10.1. The standard InChI is InChI=1S/C12H23NO2/c1-11(2)9-12(6-7-14-11)5-4-10(15-12)8-13-3/h10,13H,4-9H2,1-3H3/t10-,12-/m0/s1. The molecule has 15 heavy (non-hydrogen) atoms. The lowest BCUT2D eigenvalue weighted by Gasteiger charge is -2.42. The van der Waals surface area contributed by atoms with E-state index in [0.29, 0.717) is 6.10 Å². The molecule has 2 saturated heterocycles. The molecule has 0 aliphatic carbocycles. The predicted molar refractivity (Wildman–Crippen MR) is 60.0 cm³/mol. The van der Waals surface area contributed by atoms with Gasteiger partial charge in [-0.05, 0) is 40.2 Å². The summed E-state index contributed by atoms with van der Waals surface area (Å²) in [7, 11) is 1.99. The molecule has 0 radical (unpaired) electrons. The van der Waals surface area contributed by atoms with Crippen LogP contribution in [0.25, 0.3) is 0 Å². The second-order valence-corrected chi connectivity index (χ2v) is 5.55. The van der Waals surface area contributed by atoms with E-state index >= 15 is 0 Å². The van der Waals surface area contributed by atoms with Crippen molar-refractivity contribution in [3.05, 3.63) is 0 Å². The second-order valence-electron chi connectivity index (χ2n) is 5.55. The fourth-order valence-electron chi connectivity index (χ4n) is 3.01. The quantitative estimate of drug-likeness (QED) is 0.757. The highest BCUT2D eigenvalue weighted by atomic mass is 16.5. The van der Waals surface area contributed by atoms with E-state index in [9.17, 15) is 0 Å². The first-order valence-corrected chi connectivity index (χ1v) is 6.02. The Morgan fingerprint density at radius 2 is 2.13 bits per heavy atom. The van der Waals surface area contributed by atoms with Crippen LogP contribution in [0, 0.1) is 0 Å². The lowest BCUT2D eigenvalue weighted by molar-refractivity contribution is -0.162. The molecule has 2 rings (SSSR count). The average Bonchev–Trinajstić information content (AvgIpc) is 2.47. The molecule has 2 heterocycles. The molecule has 2 aliphatic rings. The average molecular weight is 213 g/mol. The SMILES string of the molecule is CNC[C@@H]1CC[C@@]2(CCOC(C)(C)C2)O1. The number of hydrogen-bond acceptors (Lipinski definition) is 3. The first kappa shape index (κ1) is 11.4. The molecule has 0 aromatic carbocycles. The lowest BCUT2D eigenvalue weighted by Crippen LogP contribution is -2.46. The molecule has 3 heteroatoms. The van der Waals surface area contributed by atoms with Crippen LogP contribution >= 0.6 is 0 Å². The summed E-state index contributed by atoms with van der Waals surface area (Å²) in [6, 6.07) is 0. The maximum absolute atomic E-state index is 6.22. The molecule has 1 N–H and O–H groups in total. The summed E-state index contributed by atoms with van der Waals surface area (Å²) < 4.78 is 12.0. The Kier molecular flexibility index (Phi) is 3.06. The maximum Gasteiger partial charge on any atom is 0.0737 e. The highest BCUT2D eigenvalue weighted by Crippen LogP contribution is 2.43. The van der Waals surface area contributed by atoms with Gasteiger partial charge in [0.05, 0.1) is 23.9 Å². The van der Waals surface area contributed by atoms with Crippen molar-refractivity contribution in [1.29, 1.82) is 0 Å². The Balaban J connectivity index is 1.97. The highest BCUT2D eigenvalue weighted by Gasteiger charge is 2.46. The Labute approximate surface area is 92.5 Å². The van der Waals surface area contributed by atoms with Gasteiger partial charge in [0.25, 0.3) is 0 Å². The first-order valence-electron chi connectivity index (χ1n) is 6.02. The summed E-state index contributed by atoms with van der Waals surface area (Å²) >= 11 is 0. The van der Waals surface area contributed by atoms with E-state index in [0.717, 1.165) is 26.0 Å². The predicted octanol–water partition coefficient (Wildman–Crippen LogP) is 1.71. The van der Waals surface area contributed by atoms with Crippen molar-refractivity contribution in [3.63, 3.8) is 0 Å². The van der Waals surface area contributed by atoms with Crippen LogP contribution in [0.5, 0.6) is 0 Å². The summed E-state index contributed by atoms with van der Waals surface area (Å²) in [6.07, 6.45) is 4.91. The van der Waals surface area contributed by atoms with Crippen LogP contribution in [0.2, 0.25) is 0 Å². The van der Waals surface area contributed by atoms with Gasteiger partial charge in [-0.25, -0.2) is 0 Å². The molecule has 88 valence electrons. The fourth-order valence-corrected chi connectivity index (χ4v) is 3.01. The zero-order chi connectivity index (χ0) is 10.9. The van der Waals surface area contributed by atoms with Crippen LogP contribution in [0.1, 0.15) is 39.5 Å². The van der Waals surface area contributed by atoms with E-state index in [-0.39, 0.29) is 11.2 Å². The van der Waals surface area contributed by atoms with Gasteiger partial charge < -0.3 is 14.8 Å². The van der Waals surface area contributed by atoms with Gasteiger partial charge >= 0.3 is 0 Å². The summed E-state index contributed by atoms with van der Waals surface area (Å²) in [5.41, 5.74) is 0.107. The summed E-state index contributed by atoms with van der Waals surface area (Å²) in [5, 5.41) is 3.20. The zero-order valence-corrected chi connectivity index (χ0v) is 10.1. The van der Waals surface area contributed by atoms with E-state index in [1.54, 1.807) is 0 Å². The van der Waals surface area contributed by atoms with Gasteiger partial charge in [-0.1, -0.05) is 0 Å². The molecule has 0 aromatic heterocycles. The molecule has 2 atom stereocenters. The van der Waals surface area contributed by atoms with Gasteiger partial charge in [0.1, 0.15) is 0 Å². The third kappa shape index (κ3) is 2.52. The Morgan fingerprint density at radius 3 is 2.80 bits per heavy atom. The molecule has 0 bridgehead atoms. The van der Waals surface area contributed by atoms with Gasteiger partial charge in [0, 0.05) is 13.0 Å². The van der Waals surface area contributed by atoms with E-state index < -0.39 is 0 Å². The smallest absolute Gasteiger partial charge is 0.0737 e. The largest absolute Gasteiger partial charge is 0.375 e. The van der Waals surface area contributed by atoms with Crippen molar-refractivity contribution in [3.8, 4) is 0 Å². The Bertz CT molecular complexity index is 230. The second kappa shape index (κ2) is 4.04. The number of hydrogen-bond donors (Lipinski definition) is 1. The number of rotatable bonds is 2. The van der Waals surface area contributed by atoms with Crippen molar-refractivity contribution >= 4 is 0 Å². The molecule has 0 unspecified atom stereocenters. The van der Waals surface area contributed by atoms with Crippen molar-refractivity contribution in [1.82, 2.24) is 5.32 Å². The fraction of sp³-hybridized carbons (Fsp3) is 1.00. The molecule has 2 aliphatic heterocycles. The third-order valence-electron chi connectivity index (χ3n) is 3.57. The van der Waals surface area contributed by atoms with Crippen molar-refractivity contribution < 1.29 is 9.47 Å². The van der Waals surface area contributed by atoms with Crippen LogP contribution < -0.4 is 5.32 Å². The minimum Gasteiger partial charge on any atom is -0.375 e. The van der Waals surface area contributed by atoms with Gasteiger partial charge in [-0.2, -0.15) is 0 Å². The van der Waals surface area contributed by atoms with Crippen LogP contribution in [0.3, 0.4) is 0 Å². The van der Waals surface area contributed by atoms with Gasteiger partial charge in [-0.3, -0.25) is 0 Å². The first-order chi connectivity index (χ1) is 7.05. The topological polar surface area (TPSA) is 30.5 Å². The van der Waals surface area contributed by atoms with E-state index in [1.807, 2.05) is 7.05 Å². The minimum atomic E-state index is -0.00716. The normalized spacial score (nSPS) is 39.8. The van der Waals surface area contributed by atoms with Crippen LogP contribution in [-0.2, 0) is 9.47 Å². The Hall–Kier alpha value is -0.120. The van der Waals surface area contributed by atoms with E-state index in [2.05, 4.69) is 19.2 Å². The van der Waals surface area contributed by atoms with Gasteiger partial charge in [-0.15, -0.1) is 0 Å². The molecule has 1 spiro atoms. The van der Waals surface area contributed by atoms with Crippen molar-refractivity contribution in [2.24, 2.45) is 0 Å². The molecule has 0 amide bonds. The van der Waals surface area contributed by atoms with E-state index in [1.165, 1.54) is 12.8 Å². The van der Waals surface area contributed by atoms with Crippen LogP contribution in [0.4, 0.5) is 0 Å². The van der Waals surface area contributed by atoms with E-state index in [4.69, 9.17) is 9.47 Å². The van der Waals surface area contributed by atoms with Gasteiger partial charge in [0.15, 0.2) is 0 Å². The van der Waals surface area contributed by atoms with Crippen LogP contribution in [0.15, 0.2) is 0 Å². The Morgan fingerprint density at radius 1 is 1.33 bits per heavy atom.